The van der Waals surface area contributed by atoms with Gasteiger partial charge in [0.15, 0.2) is 17.3 Å². The molecule has 1 aromatic heterocycles. The average Bonchev–Trinajstić information content (AvgIpc) is 2.91. The normalized spacial score (nSPS) is 10.7. The molecule has 1 aromatic carbocycles. The van der Waals surface area contributed by atoms with Gasteiger partial charge >= 0.3 is 0 Å². The number of carbonyl (C=O) groups is 1. The first kappa shape index (κ1) is 12.4. The number of benzene rings is 1. The first-order chi connectivity index (χ1) is 8.70. The predicted molar refractivity (Wildman–Crippen MR) is 72.3 cm³/mol. The molecule has 0 atom stereocenters. The maximum absolute atomic E-state index is 11.7. The van der Waals surface area contributed by atoms with E-state index in [1.165, 1.54) is 30.6 Å². The number of phenolic OH excluding ortho intramolecular Hbond substituents is 1. The Morgan fingerprint density at radius 3 is 2.89 bits per heavy atom. The second kappa shape index (κ2) is 5.51. The van der Waals surface area contributed by atoms with Gasteiger partial charge in [-0.1, -0.05) is 12.1 Å². The van der Waals surface area contributed by atoms with Gasteiger partial charge in [-0.2, -0.15) is 11.3 Å². The van der Waals surface area contributed by atoms with E-state index in [0.29, 0.717) is 11.3 Å². The van der Waals surface area contributed by atoms with Crippen LogP contribution in [0.15, 0.2) is 41.1 Å². The van der Waals surface area contributed by atoms with Crippen molar-refractivity contribution in [3.8, 4) is 11.5 Å². The summed E-state index contributed by atoms with van der Waals surface area (Å²) in [5.74, 6) is 0.433. The van der Waals surface area contributed by atoms with Crippen LogP contribution in [0.25, 0.3) is 6.08 Å². The van der Waals surface area contributed by atoms with Crippen molar-refractivity contribution in [2.75, 3.05) is 7.11 Å². The van der Waals surface area contributed by atoms with Gasteiger partial charge in [0.2, 0.25) is 0 Å². The van der Waals surface area contributed by atoms with Crippen molar-refractivity contribution in [1.29, 1.82) is 0 Å². The number of rotatable bonds is 4. The van der Waals surface area contributed by atoms with Gasteiger partial charge in [-0.25, -0.2) is 0 Å². The molecular formula is C14H12O3S. The lowest BCUT2D eigenvalue weighted by Gasteiger charge is -2.03. The molecule has 18 heavy (non-hydrogen) atoms. The summed E-state index contributed by atoms with van der Waals surface area (Å²) in [6.45, 7) is 0. The lowest BCUT2D eigenvalue weighted by atomic mass is 10.1. The zero-order valence-electron chi connectivity index (χ0n) is 9.79. The van der Waals surface area contributed by atoms with Gasteiger partial charge in [0.05, 0.1) is 7.11 Å². The van der Waals surface area contributed by atoms with Crippen molar-refractivity contribution < 1.29 is 14.6 Å². The van der Waals surface area contributed by atoms with E-state index in [-0.39, 0.29) is 11.5 Å². The van der Waals surface area contributed by atoms with Crippen LogP contribution in [-0.4, -0.2) is 18.0 Å². The molecule has 0 saturated carbocycles. The Morgan fingerprint density at radius 2 is 2.22 bits per heavy atom. The standard InChI is InChI=1S/C14H12O3S/c1-17-14-8-10(3-5-13(14)16)2-4-12(15)11-6-7-18-9-11/h2-9,16H,1H3/b4-2-. The molecule has 0 radical (unpaired) electrons. The molecule has 1 N–H and O–H groups in total. The highest BCUT2D eigenvalue weighted by molar-refractivity contribution is 7.08. The molecule has 0 bridgehead atoms. The Kier molecular flexibility index (Phi) is 3.79. The minimum Gasteiger partial charge on any atom is -0.504 e. The van der Waals surface area contributed by atoms with E-state index < -0.39 is 0 Å². The predicted octanol–water partition coefficient (Wildman–Crippen LogP) is 3.36. The quantitative estimate of drug-likeness (QED) is 0.677. The number of hydrogen-bond donors (Lipinski definition) is 1. The van der Waals surface area contributed by atoms with Gasteiger partial charge < -0.3 is 9.84 Å². The van der Waals surface area contributed by atoms with Crippen molar-refractivity contribution in [2.24, 2.45) is 0 Å². The maximum atomic E-state index is 11.7. The van der Waals surface area contributed by atoms with E-state index in [9.17, 15) is 9.90 Å². The van der Waals surface area contributed by atoms with Gasteiger partial charge in [0.25, 0.3) is 0 Å². The number of thiophene rings is 1. The topological polar surface area (TPSA) is 46.5 Å². The lowest BCUT2D eigenvalue weighted by Crippen LogP contribution is -1.90. The Balaban J connectivity index is 2.16. The van der Waals surface area contributed by atoms with Crippen LogP contribution in [0.2, 0.25) is 0 Å². The minimum absolute atomic E-state index is 0.0386. The molecule has 2 aromatic rings. The average molecular weight is 260 g/mol. The van der Waals surface area contributed by atoms with E-state index in [1.54, 1.807) is 24.3 Å². The molecule has 0 aliphatic heterocycles. The summed E-state index contributed by atoms with van der Waals surface area (Å²) in [4.78, 5) is 11.7. The highest BCUT2D eigenvalue weighted by atomic mass is 32.1. The number of ether oxygens (including phenoxy) is 1. The van der Waals surface area contributed by atoms with E-state index >= 15 is 0 Å². The van der Waals surface area contributed by atoms with Crippen molar-refractivity contribution in [3.05, 3.63) is 52.2 Å². The summed E-state index contributed by atoms with van der Waals surface area (Å²) in [6, 6.07) is 6.71. The molecule has 4 heteroatoms. The van der Waals surface area contributed by atoms with Crippen LogP contribution in [0.4, 0.5) is 0 Å². The molecule has 1 heterocycles. The van der Waals surface area contributed by atoms with Crippen molar-refractivity contribution in [3.63, 3.8) is 0 Å². The fourth-order valence-corrected chi connectivity index (χ4v) is 2.12. The zero-order chi connectivity index (χ0) is 13.0. The van der Waals surface area contributed by atoms with Gasteiger partial charge in [0, 0.05) is 10.9 Å². The molecular weight excluding hydrogens is 248 g/mol. The van der Waals surface area contributed by atoms with Gasteiger partial charge in [-0.15, -0.1) is 0 Å². The second-order valence-electron chi connectivity index (χ2n) is 3.64. The molecule has 0 amide bonds. The third-order valence-electron chi connectivity index (χ3n) is 2.44. The molecule has 0 fully saturated rings. The first-order valence-electron chi connectivity index (χ1n) is 5.32. The first-order valence-corrected chi connectivity index (χ1v) is 6.26. The minimum atomic E-state index is -0.0386. The van der Waals surface area contributed by atoms with E-state index in [0.717, 1.165) is 5.56 Å². The highest BCUT2D eigenvalue weighted by Gasteiger charge is 2.03. The van der Waals surface area contributed by atoms with Crippen molar-refractivity contribution in [1.82, 2.24) is 0 Å². The van der Waals surface area contributed by atoms with E-state index in [4.69, 9.17) is 4.74 Å². The van der Waals surface area contributed by atoms with Crippen LogP contribution >= 0.6 is 11.3 Å². The summed E-state index contributed by atoms with van der Waals surface area (Å²) in [7, 11) is 1.49. The van der Waals surface area contributed by atoms with Crippen LogP contribution in [-0.2, 0) is 0 Å². The fraction of sp³-hybridized carbons (Fsp3) is 0.0714. The summed E-state index contributed by atoms with van der Waals surface area (Å²) in [5.41, 5.74) is 1.48. The number of phenols is 1. The molecule has 3 nitrogen and oxygen atoms in total. The third kappa shape index (κ3) is 2.78. The Morgan fingerprint density at radius 1 is 1.39 bits per heavy atom. The number of ketones is 1. The van der Waals surface area contributed by atoms with Crippen LogP contribution < -0.4 is 4.74 Å². The molecule has 0 aliphatic rings. The summed E-state index contributed by atoms with van der Waals surface area (Å²) < 4.78 is 5.00. The third-order valence-corrected chi connectivity index (χ3v) is 3.12. The number of hydrogen-bond acceptors (Lipinski definition) is 4. The van der Waals surface area contributed by atoms with Crippen LogP contribution in [0.1, 0.15) is 15.9 Å². The highest BCUT2D eigenvalue weighted by Crippen LogP contribution is 2.26. The Labute approximate surface area is 109 Å². The van der Waals surface area contributed by atoms with Gasteiger partial charge in [-0.05, 0) is 35.2 Å². The van der Waals surface area contributed by atoms with Crippen LogP contribution in [0.3, 0.4) is 0 Å². The number of methoxy groups -OCH3 is 1. The molecule has 0 unspecified atom stereocenters. The largest absolute Gasteiger partial charge is 0.504 e. The van der Waals surface area contributed by atoms with Crippen molar-refractivity contribution in [2.45, 2.75) is 0 Å². The van der Waals surface area contributed by atoms with Crippen LogP contribution in [0.5, 0.6) is 11.5 Å². The molecule has 0 aliphatic carbocycles. The monoisotopic (exact) mass is 260 g/mol. The molecule has 92 valence electrons. The number of allylic oxidation sites excluding steroid dienone is 1. The summed E-state index contributed by atoms with van der Waals surface area (Å²) in [5, 5.41) is 13.1. The van der Waals surface area contributed by atoms with Gasteiger partial charge in [-0.3, -0.25) is 4.79 Å². The maximum Gasteiger partial charge on any atom is 0.186 e. The number of aromatic hydroxyl groups is 1. The second-order valence-corrected chi connectivity index (χ2v) is 4.42. The zero-order valence-corrected chi connectivity index (χ0v) is 10.6. The van der Waals surface area contributed by atoms with Gasteiger partial charge in [0.1, 0.15) is 0 Å². The van der Waals surface area contributed by atoms with E-state index in [1.807, 2.05) is 10.8 Å². The van der Waals surface area contributed by atoms with Crippen LogP contribution in [0, 0.1) is 0 Å². The fourth-order valence-electron chi connectivity index (χ4n) is 1.47. The van der Waals surface area contributed by atoms with Crippen molar-refractivity contribution >= 4 is 23.2 Å². The smallest absolute Gasteiger partial charge is 0.186 e. The summed E-state index contributed by atoms with van der Waals surface area (Å²) >= 11 is 1.49. The lowest BCUT2D eigenvalue weighted by molar-refractivity contribution is 0.104. The SMILES string of the molecule is COc1cc(/C=C\C(=O)c2ccsc2)ccc1O. The Hall–Kier alpha value is -2.07. The summed E-state index contributed by atoms with van der Waals surface area (Å²) in [6.07, 6.45) is 3.20. The Bertz CT molecular complexity index is 571. The molecule has 0 spiro atoms. The molecule has 2 rings (SSSR count). The number of carbonyl (C=O) groups excluding carboxylic acids is 1. The van der Waals surface area contributed by atoms with E-state index in [2.05, 4.69) is 0 Å². The molecule has 0 saturated heterocycles.